The molecule has 0 radical (unpaired) electrons. The molecule has 2 amide bonds. The lowest BCUT2D eigenvalue weighted by molar-refractivity contribution is -0.146. The van der Waals surface area contributed by atoms with Crippen molar-refractivity contribution in [1.29, 1.82) is 0 Å². The Labute approximate surface area is 163 Å². The number of benzene rings is 1. The molecule has 2 aliphatic rings. The second-order valence-corrected chi connectivity index (χ2v) is 8.55. The number of nitrogens with zero attached hydrogens (tertiary/aromatic N) is 3. The number of aromatic nitrogens is 2. The SMILES string of the molecule is Cc1nnc(-c2cccc(NC(=O)C3CCCCN3C(=O)C3CCC3)c2)s1. The minimum absolute atomic E-state index is 0.0898. The zero-order chi connectivity index (χ0) is 18.8. The van der Waals surface area contributed by atoms with Crippen LogP contribution < -0.4 is 5.32 Å². The number of carbonyl (C=O) groups is 2. The van der Waals surface area contributed by atoms with Gasteiger partial charge in [-0.2, -0.15) is 0 Å². The molecule has 1 aromatic heterocycles. The number of aryl methyl sites for hydroxylation is 1. The molecular formula is C20H24N4O2S. The van der Waals surface area contributed by atoms with Crippen molar-refractivity contribution in [2.24, 2.45) is 5.92 Å². The van der Waals surface area contributed by atoms with Crippen LogP contribution in [0, 0.1) is 12.8 Å². The van der Waals surface area contributed by atoms with Crippen molar-refractivity contribution in [3.63, 3.8) is 0 Å². The molecule has 2 heterocycles. The van der Waals surface area contributed by atoms with E-state index < -0.39 is 0 Å². The third-order valence-corrected chi connectivity index (χ3v) is 6.33. The highest BCUT2D eigenvalue weighted by Crippen LogP contribution is 2.31. The number of nitrogens with one attached hydrogen (secondary N) is 1. The zero-order valence-corrected chi connectivity index (χ0v) is 16.3. The van der Waals surface area contributed by atoms with E-state index in [0.717, 1.165) is 59.8 Å². The number of anilines is 1. The Morgan fingerprint density at radius 3 is 2.70 bits per heavy atom. The summed E-state index contributed by atoms with van der Waals surface area (Å²) in [4.78, 5) is 27.5. The molecule has 1 atom stereocenters. The quantitative estimate of drug-likeness (QED) is 0.873. The first kappa shape index (κ1) is 18.1. The highest BCUT2D eigenvalue weighted by molar-refractivity contribution is 7.14. The second kappa shape index (κ2) is 7.76. The smallest absolute Gasteiger partial charge is 0.247 e. The first-order valence-electron chi connectivity index (χ1n) is 9.64. The Balaban J connectivity index is 1.48. The second-order valence-electron chi connectivity index (χ2n) is 7.37. The normalized spacial score (nSPS) is 20.2. The van der Waals surface area contributed by atoms with Crippen molar-refractivity contribution in [3.8, 4) is 10.6 Å². The fourth-order valence-electron chi connectivity index (χ4n) is 3.73. The molecule has 1 saturated heterocycles. The van der Waals surface area contributed by atoms with Gasteiger partial charge >= 0.3 is 0 Å². The third kappa shape index (κ3) is 3.88. The summed E-state index contributed by atoms with van der Waals surface area (Å²) in [6.45, 7) is 2.61. The van der Waals surface area contributed by atoms with Crippen LogP contribution in [0.3, 0.4) is 0 Å². The molecule has 6 nitrogen and oxygen atoms in total. The minimum Gasteiger partial charge on any atom is -0.330 e. The Kier molecular flexibility index (Phi) is 5.20. The summed E-state index contributed by atoms with van der Waals surface area (Å²) in [5.41, 5.74) is 1.66. The van der Waals surface area contributed by atoms with Gasteiger partial charge in [-0.15, -0.1) is 10.2 Å². The topological polar surface area (TPSA) is 75.2 Å². The van der Waals surface area contributed by atoms with Crippen LogP contribution in [-0.2, 0) is 9.59 Å². The Bertz CT molecular complexity index is 846. The molecule has 4 rings (SSSR count). The monoisotopic (exact) mass is 384 g/mol. The maximum atomic E-state index is 12.9. The molecule has 1 aliphatic carbocycles. The van der Waals surface area contributed by atoms with E-state index in [1.54, 1.807) is 0 Å². The molecule has 1 aliphatic heterocycles. The molecule has 1 N–H and O–H groups in total. The van der Waals surface area contributed by atoms with Gasteiger partial charge in [-0.3, -0.25) is 9.59 Å². The van der Waals surface area contributed by atoms with E-state index >= 15 is 0 Å². The van der Waals surface area contributed by atoms with E-state index in [4.69, 9.17) is 0 Å². The number of likely N-dealkylation sites (tertiary alicyclic amines) is 1. The van der Waals surface area contributed by atoms with Gasteiger partial charge in [0.25, 0.3) is 0 Å². The summed E-state index contributed by atoms with van der Waals surface area (Å²) < 4.78 is 0. The van der Waals surface area contributed by atoms with Crippen LogP contribution in [0.5, 0.6) is 0 Å². The number of hydrogen-bond donors (Lipinski definition) is 1. The van der Waals surface area contributed by atoms with Gasteiger partial charge in [0.1, 0.15) is 16.1 Å². The summed E-state index contributed by atoms with van der Waals surface area (Å²) >= 11 is 1.53. The van der Waals surface area contributed by atoms with Crippen LogP contribution in [-0.4, -0.2) is 39.5 Å². The average Bonchev–Trinajstić information content (AvgIpc) is 3.07. The van der Waals surface area contributed by atoms with Gasteiger partial charge in [-0.1, -0.05) is 29.9 Å². The number of piperidine rings is 1. The summed E-state index contributed by atoms with van der Waals surface area (Å²) in [7, 11) is 0. The number of hydrogen-bond acceptors (Lipinski definition) is 5. The van der Waals surface area contributed by atoms with Crippen LogP contribution in [0.1, 0.15) is 43.5 Å². The molecule has 142 valence electrons. The van der Waals surface area contributed by atoms with Gasteiger partial charge in [0.05, 0.1) is 0 Å². The van der Waals surface area contributed by atoms with E-state index in [0.29, 0.717) is 6.54 Å². The van der Waals surface area contributed by atoms with Crippen LogP contribution in [0.4, 0.5) is 5.69 Å². The number of rotatable bonds is 4. The van der Waals surface area contributed by atoms with E-state index in [1.807, 2.05) is 36.1 Å². The molecule has 2 aromatic rings. The van der Waals surface area contributed by atoms with E-state index in [1.165, 1.54) is 11.3 Å². The first-order valence-corrected chi connectivity index (χ1v) is 10.5. The molecule has 1 unspecified atom stereocenters. The van der Waals surface area contributed by atoms with Crippen LogP contribution in [0.2, 0.25) is 0 Å². The molecule has 27 heavy (non-hydrogen) atoms. The Morgan fingerprint density at radius 2 is 2.00 bits per heavy atom. The molecule has 2 fully saturated rings. The molecular weight excluding hydrogens is 360 g/mol. The van der Waals surface area contributed by atoms with Gasteiger partial charge in [-0.25, -0.2) is 0 Å². The summed E-state index contributed by atoms with van der Waals surface area (Å²) in [6.07, 6.45) is 5.75. The minimum atomic E-state index is -0.362. The lowest BCUT2D eigenvalue weighted by atomic mass is 9.83. The summed E-state index contributed by atoms with van der Waals surface area (Å²) in [5.74, 6) is 0.203. The number of amides is 2. The standard InChI is InChI=1S/C20H24N4O2S/c1-13-22-23-19(27-13)15-8-5-9-16(12-15)21-18(25)17-10-2-3-11-24(17)20(26)14-6-4-7-14/h5,8-9,12,14,17H,2-4,6-7,10-11H2,1H3,(H,21,25). The van der Waals surface area contributed by atoms with Gasteiger partial charge in [0.2, 0.25) is 11.8 Å². The predicted octanol–water partition coefficient (Wildman–Crippen LogP) is 3.63. The molecule has 1 aromatic carbocycles. The van der Waals surface area contributed by atoms with Crippen LogP contribution >= 0.6 is 11.3 Å². The van der Waals surface area contributed by atoms with Crippen molar-refractivity contribution in [3.05, 3.63) is 29.3 Å². The van der Waals surface area contributed by atoms with Gasteiger partial charge in [0, 0.05) is 23.7 Å². The zero-order valence-electron chi connectivity index (χ0n) is 15.5. The van der Waals surface area contributed by atoms with E-state index in [9.17, 15) is 9.59 Å². The molecule has 0 bridgehead atoms. The Hall–Kier alpha value is -2.28. The average molecular weight is 385 g/mol. The molecule has 7 heteroatoms. The van der Waals surface area contributed by atoms with Gasteiger partial charge < -0.3 is 10.2 Å². The Morgan fingerprint density at radius 1 is 1.15 bits per heavy atom. The predicted molar refractivity (Wildman–Crippen MR) is 105 cm³/mol. The molecule has 0 spiro atoms. The van der Waals surface area contributed by atoms with E-state index in [2.05, 4.69) is 15.5 Å². The molecule has 1 saturated carbocycles. The van der Waals surface area contributed by atoms with E-state index in [-0.39, 0.29) is 23.8 Å². The van der Waals surface area contributed by atoms with Crippen molar-refractivity contribution >= 4 is 28.8 Å². The summed E-state index contributed by atoms with van der Waals surface area (Å²) in [6, 6.07) is 7.29. The maximum absolute atomic E-state index is 12.9. The van der Waals surface area contributed by atoms with Gasteiger partial charge in [0.15, 0.2) is 0 Å². The fourth-order valence-corrected chi connectivity index (χ4v) is 4.41. The fraction of sp³-hybridized carbons (Fsp3) is 0.500. The highest BCUT2D eigenvalue weighted by Gasteiger charge is 2.37. The van der Waals surface area contributed by atoms with Crippen LogP contribution in [0.15, 0.2) is 24.3 Å². The first-order chi connectivity index (χ1) is 13.1. The van der Waals surface area contributed by atoms with Crippen LogP contribution in [0.25, 0.3) is 10.6 Å². The highest BCUT2D eigenvalue weighted by atomic mass is 32.1. The maximum Gasteiger partial charge on any atom is 0.247 e. The lowest BCUT2D eigenvalue weighted by Gasteiger charge is -2.39. The van der Waals surface area contributed by atoms with Crippen molar-refractivity contribution in [2.75, 3.05) is 11.9 Å². The third-order valence-electron chi connectivity index (χ3n) is 5.45. The van der Waals surface area contributed by atoms with Crippen molar-refractivity contribution in [2.45, 2.75) is 51.5 Å². The summed E-state index contributed by atoms with van der Waals surface area (Å²) in [5, 5.41) is 13.0. The lowest BCUT2D eigenvalue weighted by Crippen LogP contribution is -2.52. The van der Waals surface area contributed by atoms with Crippen molar-refractivity contribution in [1.82, 2.24) is 15.1 Å². The van der Waals surface area contributed by atoms with Crippen molar-refractivity contribution < 1.29 is 9.59 Å². The largest absolute Gasteiger partial charge is 0.330 e. The number of carbonyl (C=O) groups excluding carboxylic acids is 2. The van der Waals surface area contributed by atoms with Gasteiger partial charge in [-0.05, 0) is 51.2 Å².